The number of hydrogen-bond donors (Lipinski definition) is 2. The maximum atomic E-state index is 11.8. The number of amides is 1. The molecule has 0 aliphatic rings. The Morgan fingerprint density at radius 3 is 2.50 bits per heavy atom. The van der Waals surface area contributed by atoms with Gasteiger partial charge in [0.1, 0.15) is 5.75 Å². The van der Waals surface area contributed by atoms with Gasteiger partial charge in [0.25, 0.3) is 0 Å². The van der Waals surface area contributed by atoms with Crippen LogP contribution in [0.4, 0.5) is 5.69 Å². The van der Waals surface area contributed by atoms with E-state index in [-0.39, 0.29) is 12.0 Å². The summed E-state index contributed by atoms with van der Waals surface area (Å²) in [6, 6.07) is 5.43. The lowest BCUT2D eigenvalue weighted by Gasteiger charge is -2.18. The maximum absolute atomic E-state index is 11.8. The predicted octanol–water partition coefficient (Wildman–Crippen LogP) is 2.91. The number of carbonyl (C=O) groups excluding carboxylic acids is 1. The fraction of sp³-hybridized carbons (Fsp3) is 0.462. The van der Waals surface area contributed by atoms with E-state index < -0.39 is 5.54 Å². The molecule has 0 atom stereocenters. The number of nitrogens with two attached hydrogens (primary N) is 1. The fourth-order valence-corrected chi connectivity index (χ4v) is 1.74. The lowest BCUT2D eigenvalue weighted by atomic mass is 10.1. The topological polar surface area (TPSA) is 64.3 Å². The van der Waals surface area contributed by atoms with Gasteiger partial charge in [0.05, 0.1) is 11.6 Å². The van der Waals surface area contributed by atoms with Gasteiger partial charge in [-0.05, 0) is 39.8 Å². The van der Waals surface area contributed by atoms with E-state index in [1.165, 1.54) is 0 Å². The zero-order chi connectivity index (χ0) is 13.9. The fourth-order valence-electron chi connectivity index (χ4n) is 1.27. The molecule has 18 heavy (non-hydrogen) atoms. The molecule has 100 valence electrons. The minimum atomic E-state index is -0.915. The van der Waals surface area contributed by atoms with Gasteiger partial charge in [0.15, 0.2) is 0 Å². The third-order valence-corrected chi connectivity index (χ3v) is 2.54. The van der Waals surface area contributed by atoms with Gasteiger partial charge in [0, 0.05) is 16.2 Å². The molecule has 1 aromatic carbocycles. The molecule has 0 saturated heterocycles. The van der Waals surface area contributed by atoms with Crippen molar-refractivity contribution in [2.75, 3.05) is 5.32 Å². The second-order valence-electron chi connectivity index (χ2n) is 5.02. The molecule has 3 N–H and O–H groups in total. The van der Waals surface area contributed by atoms with Gasteiger partial charge in [0.2, 0.25) is 5.91 Å². The molecule has 0 aromatic heterocycles. The van der Waals surface area contributed by atoms with E-state index in [0.717, 1.165) is 4.47 Å². The Hall–Kier alpha value is -1.07. The van der Waals surface area contributed by atoms with Crippen LogP contribution in [0.1, 0.15) is 27.7 Å². The molecular weight excluding hydrogens is 296 g/mol. The molecule has 0 heterocycles. The minimum absolute atomic E-state index is 0.0776. The average molecular weight is 315 g/mol. The van der Waals surface area contributed by atoms with Gasteiger partial charge in [-0.3, -0.25) is 4.79 Å². The van der Waals surface area contributed by atoms with Crippen molar-refractivity contribution < 1.29 is 9.53 Å². The molecule has 0 aliphatic carbocycles. The number of nitrogens with one attached hydrogen (secondary N) is 1. The first-order chi connectivity index (χ1) is 8.18. The lowest BCUT2D eigenvalue weighted by molar-refractivity contribution is -0.120. The molecule has 5 heteroatoms. The molecule has 1 rings (SSSR count). The molecule has 0 fully saturated rings. The molecule has 1 amide bonds. The van der Waals surface area contributed by atoms with Gasteiger partial charge in [-0.15, -0.1) is 0 Å². The van der Waals surface area contributed by atoms with E-state index in [4.69, 9.17) is 10.5 Å². The SMILES string of the molecule is CC(C)Oc1cc(Br)cc(NC(=O)C(C)(C)N)c1. The molecule has 0 saturated carbocycles. The molecule has 0 radical (unpaired) electrons. The number of carbonyl (C=O) groups is 1. The molecule has 0 unspecified atom stereocenters. The van der Waals surface area contributed by atoms with Crippen molar-refractivity contribution in [3.8, 4) is 5.75 Å². The minimum Gasteiger partial charge on any atom is -0.491 e. The summed E-state index contributed by atoms with van der Waals surface area (Å²) in [4.78, 5) is 11.8. The Balaban J connectivity index is 2.90. The van der Waals surface area contributed by atoms with Crippen LogP contribution in [0.25, 0.3) is 0 Å². The van der Waals surface area contributed by atoms with E-state index in [2.05, 4.69) is 21.2 Å². The van der Waals surface area contributed by atoms with Crippen molar-refractivity contribution >= 4 is 27.5 Å². The van der Waals surface area contributed by atoms with Crippen molar-refractivity contribution in [3.63, 3.8) is 0 Å². The summed E-state index contributed by atoms with van der Waals surface area (Å²) < 4.78 is 6.43. The van der Waals surface area contributed by atoms with Gasteiger partial charge < -0.3 is 15.8 Å². The number of hydrogen-bond acceptors (Lipinski definition) is 3. The Bertz CT molecular complexity index is 439. The van der Waals surface area contributed by atoms with Crippen LogP contribution < -0.4 is 15.8 Å². The zero-order valence-corrected chi connectivity index (χ0v) is 12.7. The van der Waals surface area contributed by atoms with Crippen LogP contribution in [0.15, 0.2) is 22.7 Å². The number of anilines is 1. The van der Waals surface area contributed by atoms with Crippen molar-refractivity contribution in [3.05, 3.63) is 22.7 Å². The van der Waals surface area contributed by atoms with Crippen LogP contribution in [-0.2, 0) is 4.79 Å². The first-order valence-electron chi connectivity index (χ1n) is 5.76. The summed E-state index contributed by atoms with van der Waals surface area (Å²) in [6.45, 7) is 7.21. The summed E-state index contributed by atoms with van der Waals surface area (Å²) in [7, 11) is 0. The highest BCUT2D eigenvalue weighted by Crippen LogP contribution is 2.26. The monoisotopic (exact) mass is 314 g/mol. The van der Waals surface area contributed by atoms with Crippen LogP contribution >= 0.6 is 15.9 Å². The standard InChI is InChI=1S/C13H19BrN2O2/c1-8(2)18-11-6-9(14)5-10(7-11)16-12(17)13(3,4)15/h5-8H,15H2,1-4H3,(H,16,17). The molecule has 0 bridgehead atoms. The smallest absolute Gasteiger partial charge is 0.243 e. The zero-order valence-electron chi connectivity index (χ0n) is 11.1. The van der Waals surface area contributed by atoms with Gasteiger partial charge in [-0.25, -0.2) is 0 Å². The first kappa shape index (κ1) is 15.0. The van der Waals surface area contributed by atoms with E-state index >= 15 is 0 Å². The van der Waals surface area contributed by atoms with Crippen LogP contribution in [0, 0.1) is 0 Å². The Morgan fingerprint density at radius 1 is 1.39 bits per heavy atom. The van der Waals surface area contributed by atoms with Crippen molar-refractivity contribution in [1.29, 1.82) is 0 Å². The largest absolute Gasteiger partial charge is 0.491 e. The highest BCUT2D eigenvalue weighted by molar-refractivity contribution is 9.10. The average Bonchev–Trinajstić information content (AvgIpc) is 2.13. The Kier molecular flexibility index (Phi) is 4.76. The first-order valence-corrected chi connectivity index (χ1v) is 6.55. The Labute approximate surface area is 116 Å². The summed E-state index contributed by atoms with van der Waals surface area (Å²) in [5.41, 5.74) is 5.47. The summed E-state index contributed by atoms with van der Waals surface area (Å²) in [5.74, 6) is 0.459. The molecule has 0 aliphatic heterocycles. The number of halogens is 1. The van der Waals surface area contributed by atoms with Crippen LogP contribution in [0.3, 0.4) is 0 Å². The van der Waals surface area contributed by atoms with Crippen LogP contribution in [0.5, 0.6) is 5.75 Å². The molecule has 0 spiro atoms. The van der Waals surface area contributed by atoms with Crippen LogP contribution in [0.2, 0.25) is 0 Å². The Morgan fingerprint density at radius 2 is 2.00 bits per heavy atom. The van der Waals surface area contributed by atoms with E-state index in [1.54, 1.807) is 26.0 Å². The second-order valence-corrected chi connectivity index (χ2v) is 5.93. The normalized spacial score (nSPS) is 11.5. The van der Waals surface area contributed by atoms with Gasteiger partial charge in [-0.1, -0.05) is 15.9 Å². The van der Waals surface area contributed by atoms with Crippen molar-refractivity contribution in [1.82, 2.24) is 0 Å². The third kappa shape index (κ3) is 4.66. The number of ether oxygens (including phenoxy) is 1. The maximum Gasteiger partial charge on any atom is 0.243 e. The summed E-state index contributed by atoms with van der Waals surface area (Å²) in [5, 5.41) is 2.76. The van der Waals surface area contributed by atoms with Crippen molar-refractivity contribution in [2.24, 2.45) is 5.73 Å². The second kappa shape index (κ2) is 5.71. The number of rotatable bonds is 4. The molecule has 4 nitrogen and oxygen atoms in total. The summed E-state index contributed by atoms with van der Waals surface area (Å²) in [6.07, 6.45) is 0.0776. The lowest BCUT2D eigenvalue weighted by Crippen LogP contribution is -2.45. The summed E-state index contributed by atoms with van der Waals surface area (Å²) >= 11 is 3.38. The number of benzene rings is 1. The van der Waals surface area contributed by atoms with E-state index in [1.807, 2.05) is 19.9 Å². The van der Waals surface area contributed by atoms with E-state index in [0.29, 0.717) is 11.4 Å². The highest BCUT2D eigenvalue weighted by atomic mass is 79.9. The predicted molar refractivity (Wildman–Crippen MR) is 76.8 cm³/mol. The van der Waals surface area contributed by atoms with Crippen LogP contribution in [-0.4, -0.2) is 17.6 Å². The molecular formula is C13H19BrN2O2. The van der Waals surface area contributed by atoms with E-state index in [9.17, 15) is 4.79 Å². The highest BCUT2D eigenvalue weighted by Gasteiger charge is 2.22. The van der Waals surface area contributed by atoms with Gasteiger partial charge in [-0.2, -0.15) is 0 Å². The molecule has 1 aromatic rings. The van der Waals surface area contributed by atoms with Gasteiger partial charge >= 0.3 is 0 Å². The quantitative estimate of drug-likeness (QED) is 0.898. The van der Waals surface area contributed by atoms with Crippen molar-refractivity contribution in [2.45, 2.75) is 39.3 Å². The third-order valence-electron chi connectivity index (χ3n) is 2.09.